The highest BCUT2D eigenvalue weighted by Gasteiger charge is 2.22. The van der Waals surface area contributed by atoms with Gasteiger partial charge in [-0.05, 0) is 18.2 Å². The Kier molecular flexibility index (Phi) is 3.74. The second-order valence-corrected chi connectivity index (χ2v) is 4.02. The van der Waals surface area contributed by atoms with Crippen molar-refractivity contribution in [1.29, 1.82) is 0 Å². The summed E-state index contributed by atoms with van der Waals surface area (Å²) in [5.74, 6) is -1.14. The smallest absolute Gasteiger partial charge is 0.350 e. The summed E-state index contributed by atoms with van der Waals surface area (Å²) in [4.78, 5) is 21.2. The van der Waals surface area contributed by atoms with Crippen molar-refractivity contribution in [2.75, 3.05) is 7.11 Å². The zero-order chi connectivity index (χ0) is 15.6. The van der Waals surface area contributed by atoms with E-state index >= 15 is 0 Å². The summed E-state index contributed by atoms with van der Waals surface area (Å²) < 4.78 is 11.6. The lowest BCUT2D eigenvalue weighted by molar-refractivity contribution is -0.385. The first-order valence-corrected chi connectivity index (χ1v) is 5.69. The number of aromatic nitrogens is 2. The Morgan fingerprint density at radius 2 is 2.14 bits per heavy atom. The number of aromatic carboxylic acids is 1. The van der Waals surface area contributed by atoms with Crippen molar-refractivity contribution in [3.63, 3.8) is 0 Å². The number of ether oxygens (including phenoxy) is 2. The van der Waals surface area contributed by atoms with Crippen molar-refractivity contribution >= 4 is 11.7 Å². The van der Waals surface area contributed by atoms with Gasteiger partial charge in [-0.3, -0.25) is 14.8 Å². The Hall–Kier alpha value is -3.10. The van der Waals surface area contributed by atoms with Crippen LogP contribution in [0.2, 0.25) is 0 Å². The molecule has 1 aromatic heterocycles. The van der Waals surface area contributed by atoms with Crippen LogP contribution < -0.4 is 9.47 Å². The molecule has 0 bridgehead atoms. The van der Waals surface area contributed by atoms with Gasteiger partial charge in [-0.1, -0.05) is 0 Å². The van der Waals surface area contributed by atoms with Crippen LogP contribution in [0.4, 0.5) is 5.69 Å². The van der Waals surface area contributed by atoms with E-state index < -0.39 is 10.9 Å². The van der Waals surface area contributed by atoms with Gasteiger partial charge in [-0.2, -0.15) is 0 Å². The molecule has 0 atom stereocenters. The number of nitrogens with zero attached hydrogens (tertiary/aromatic N) is 3. The van der Waals surface area contributed by atoms with Crippen molar-refractivity contribution in [3.8, 4) is 17.4 Å². The van der Waals surface area contributed by atoms with Crippen LogP contribution in [-0.2, 0) is 7.05 Å². The van der Waals surface area contributed by atoms with E-state index in [1.807, 2.05) is 0 Å². The normalized spacial score (nSPS) is 10.2. The number of nitro groups is 1. The van der Waals surface area contributed by atoms with Gasteiger partial charge in [-0.25, -0.2) is 4.79 Å². The van der Waals surface area contributed by atoms with E-state index in [4.69, 9.17) is 14.6 Å². The fraction of sp³-hybridized carbons (Fsp3) is 0.167. The average Bonchev–Trinajstić information content (AvgIpc) is 2.79. The van der Waals surface area contributed by atoms with Crippen molar-refractivity contribution in [2.24, 2.45) is 7.05 Å². The van der Waals surface area contributed by atoms with Gasteiger partial charge in [0.1, 0.15) is 6.20 Å². The van der Waals surface area contributed by atoms with Crippen LogP contribution in [0.3, 0.4) is 0 Å². The van der Waals surface area contributed by atoms with E-state index in [-0.39, 0.29) is 28.6 Å². The van der Waals surface area contributed by atoms with Gasteiger partial charge in [0.15, 0.2) is 11.5 Å². The van der Waals surface area contributed by atoms with Gasteiger partial charge in [0.2, 0.25) is 0 Å². The number of hydrogen-bond donors (Lipinski definition) is 1. The quantitative estimate of drug-likeness (QED) is 0.660. The monoisotopic (exact) mass is 293 g/mol. The summed E-state index contributed by atoms with van der Waals surface area (Å²) >= 11 is 0. The van der Waals surface area contributed by atoms with Gasteiger partial charge in [0, 0.05) is 7.05 Å². The standard InChI is InChI=1S/C12H11N3O6/c1-14-6-8(15(18)19)11(13-14)21-10-5-7(12(16)17)3-4-9(10)20-2/h3-6H,1-2H3,(H,16,17). The zero-order valence-corrected chi connectivity index (χ0v) is 11.1. The molecule has 0 radical (unpaired) electrons. The third-order valence-electron chi connectivity index (χ3n) is 2.59. The Morgan fingerprint density at radius 3 is 2.71 bits per heavy atom. The Morgan fingerprint density at radius 1 is 1.43 bits per heavy atom. The molecule has 0 aliphatic carbocycles. The first-order chi connectivity index (χ1) is 9.92. The lowest BCUT2D eigenvalue weighted by atomic mass is 10.2. The Labute approximate surface area is 118 Å². The minimum absolute atomic E-state index is 0.0270. The number of aryl methyl sites for hydroxylation is 1. The highest BCUT2D eigenvalue weighted by Crippen LogP contribution is 2.35. The van der Waals surface area contributed by atoms with Crippen LogP contribution in [0.5, 0.6) is 17.4 Å². The number of benzene rings is 1. The topological polar surface area (TPSA) is 117 Å². The van der Waals surface area contributed by atoms with E-state index in [0.29, 0.717) is 0 Å². The average molecular weight is 293 g/mol. The molecule has 0 aliphatic rings. The van der Waals surface area contributed by atoms with Crippen molar-refractivity contribution < 1.29 is 24.3 Å². The third-order valence-corrected chi connectivity index (χ3v) is 2.59. The fourth-order valence-electron chi connectivity index (χ4n) is 1.65. The van der Waals surface area contributed by atoms with E-state index in [9.17, 15) is 14.9 Å². The predicted octanol–water partition coefficient (Wildman–Crippen LogP) is 1.83. The summed E-state index contributed by atoms with van der Waals surface area (Å²) in [6.07, 6.45) is 1.18. The van der Waals surface area contributed by atoms with E-state index in [1.165, 1.54) is 43.2 Å². The van der Waals surface area contributed by atoms with Gasteiger partial charge >= 0.3 is 17.5 Å². The van der Waals surface area contributed by atoms with Crippen LogP contribution >= 0.6 is 0 Å². The zero-order valence-electron chi connectivity index (χ0n) is 11.1. The molecule has 0 spiro atoms. The van der Waals surface area contributed by atoms with E-state index in [2.05, 4.69) is 5.10 Å². The molecular weight excluding hydrogens is 282 g/mol. The van der Waals surface area contributed by atoms with Crippen LogP contribution in [0, 0.1) is 10.1 Å². The Balaban J connectivity index is 2.45. The van der Waals surface area contributed by atoms with Gasteiger partial charge in [0.05, 0.1) is 17.6 Å². The minimum Gasteiger partial charge on any atom is -0.493 e. The number of methoxy groups -OCH3 is 1. The largest absolute Gasteiger partial charge is 0.493 e. The lowest BCUT2D eigenvalue weighted by Gasteiger charge is -2.08. The van der Waals surface area contributed by atoms with E-state index in [0.717, 1.165) is 0 Å². The maximum absolute atomic E-state index is 11.0. The summed E-state index contributed by atoms with van der Waals surface area (Å²) in [5, 5.41) is 23.7. The van der Waals surface area contributed by atoms with Crippen molar-refractivity contribution in [3.05, 3.63) is 40.1 Å². The molecule has 2 rings (SSSR count). The molecule has 110 valence electrons. The maximum atomic E-state index is 11.0. The minimum atomic E-state index is -1.15. The summed E-state index contributed by atoms with van der Waals surface area (Å²) in [6, 6.07) is 3.94. The molecule has 21 heavy (non-hydrogen) atoms. The summed E-state index contributed by atoms with van der Waals surface area (Å²) in [5.41, 5.74) is -0.371. The molecule has 0 saturated heterocycles. The molecule has 0 unspecified atom stereocenters. The van der Waals surface area contributed by atoms with E-state index in [1.54, 1.807) is 0 Å². The van der Waals surface area contributed by atoms with Gasteiger partial charge < -0.3 is 14.6 Å². The second kappa shape index (κ2) is 5.49. The molecular formula is C12H11N3O6. The molecule has 1 aromatic carbocycles. The van der Waals surface area contributed by atoms with Gasteiger partial charge in [0.25, 0.3) is 0 Å². The second-order valence-electron chi connectivity index (χ2n) is 4.02. The number of carboxylic acid groups (broad SMARTS) is 1. The number of hydrogen-bond acceptors (Lipinski definition) is 6. The SMILES string of the molecule is COc1ccc(C(=O)O)cc1Oc1nn(C)cc1[N+](=O)[O-]. The predicted molar refractivity (Wildman–Crippen MR) is 69.9 cm³/mol. The molecule has 0 fully saturated rings. The Bertz CT molecular complexity index is 709. The lowest BCUT2D eigenvalue weighted by Crippen LogP contribution is -1.99. The third kappa shape index (κ3) is 2.91. The molecule has 1 N–H and O–H groups in total. The molecule has 0 aliphatic heterocycles. The summed E-state index contributed by atoms with van der Waals surface area (Å²) in [6.45, 7) is 0. The van der Waals surface area contributed by atoms with Crippen LogP contribution in [-0.4, -0.2) is 32.9 Å². The number of carbonyl (C=O) groups is 1. The first kappa shape index (κ1) is 14.3. The molecule has 0 saturated carbocycles. The fourth-order valence-corrected chi connectivity index (χ4v) is 1.65. The van der Waals surface area contributed by atoms with Crippen LogP contribution in [0.15, 0.2) is 24.4 Å². The first-order valence-electron chi connectivity index (χ1n) is 5.69. The van der Waals surface area contributed by atoms with Crippen LogP contribution in [0.25, 0.3) is 0 Å². The van der Waals surface area contributed by atoms with Crippen molar-refractivity contribution in [1.82, 2.24) is 9.78 Å². The number of rotatable bonds is 5. The highest BCUT2D eigenvalue weighted by atomic mass is 16.6. The number of carboxylic acids is 1. The van der Waals surface area contributed by atoms with Crippen molar-refractivity contribution in [2.45, 2.75) is 0 Å². The molecule has 9 heteroatoms. The molecule has 9 nitrogen and oxygen atoms in total. The summed E-state index contributed by atoms with van der Waals surface area (Å²) in [7, 11) is 2.88. The van der Waals surface area contributed by atoms with Crippen LogP contribution in [0.1, 0.15) is 10.4 Å². The highest BCUT2D eigenvalue weighted by molar-refractivity contribution is 5.88. The maximum Gasteiger partial charge on any atom is 0.350 e. The molecule has 1 heterocycles. The molecule has 0 amide bonds. The van der Waals surface area contributed by atoms with Gasteiger partial charge in [-0.15, -0.1) is 5.10 Å². The molecule has 2 aromatic rings.